The van der Waals surface area contributed by atoms with Crippen molar-refractivity contribution in [2.75, 3.05) is 19.8 Å². The largest absolute Gasteiger partial charge is 0.472 e. The van der Waals surface area contributed by atoms with Gasteiger partial charge in [0.2, 0.25) is 5.91 Å². The Balaban J connectivity index is 4.21. The molecule has 0 aromatic rings. The van der Waals surface area contributed by atoms with E-state index >= 15 is 0 Å². The molecule has 0 aliphatic rings. The first-order chi connectivity index (χ1) is 24.4. The third kappa shape index (κ3) is 35.4. The van der Waals surface area contributed by atoms with Gasteiger partial charge in [0.15, 0.2) is 0 Å². The Hall–Kier alpha value is -1.02. The molecule has 0 aliphatic heterocycles. The molecule has 50 heavy (non-hydrogen) atoms. The van der Waals surface area contributed by atoms with Crippen LogP contribution in [0.5, 0.6) is 0 Å². The molecule has 3 unspecified atom stereocenters. The van der Waals surface area contributed by atoms with E-state index in [1.165, 1.54) is 109 Å². The number of allylic oxidation sites excluding steroid dienone is 4. The van der Waals surface area contributed by atoms with Gasteiger partial charge in [-0.05, 0) is 44.9 Å². The number of amides is 1. The Kier molecular flexibility index (Phi) is 37.0. The monoisotopic (exact) mass is 729 g/mol. The maximum absolute atomic E-state index is 12.7. The van der Waals surface area contributed by atoms with Crippen molar-refractivity contribution in [1.82, 2.24) is 5.32 Å². The highest BCUT2D eigenvalue weighted by atomic mass is 31.2. The van der Waals surface area contributed by atoms with E-state index in [4.69, 9.17) is 14.8 Å². The third-order valence-electron chi connectivity index (χ3n) is 9.31. The molecule has 0 radical (unpaired) electrons. The fourth-order valence-corrected chi connectivity index (χ4v) is 6.87. The summed E-state index contributed by atoms with van der Waals surface area (Å²) in [6, 6.07) is -0.779. The molecular weight excluding hydrogens is 647 g/mol. The first-order valence-corrected chi connectivity index (χ1v) is 22.4. The van der Waals surface area contributed by atoms with Crippen LogP contribution in [0.2, 0.25) is 0 Å². The highest BCUT2D eigenvalue weighted by molar-refractivity contribution is 7.47. The van der Waals surface area contributed by atoms with Gasteiger partial charge in [-0.2, -0.15) is 0 Å². The topological polar surface area (TPSA) is 131 Å². The van der Waals surface area contributed by atoms with Crippen LogP contribution in [0.3, 0.4) is 0 Å². The number of phosphoric acid groups is 1. The Morgan fingerprint density at radius 2 is 1.10 bits per heavy atom. The van der Waals surface area contributed by atoms with Gasteiger partial charge in [0.25, 0.3) is 0 Å². The predicted octanol–water partition coefficient (Wildman–Crippen LogP) is 11.4. The van der Waals surface area contributed by atoms with Crippen LogP contribution in [-0.4, -0.2) is 47.8 Å². The lowest BCUT2D eigenvalue weighted by atomic mass is 10.0. The summed E-state index contributed by atoms with van der Waals surface area (Å²) < 4.78 is 22.1. The maximum atomic E-state index is 12.7. The lowest BCUT2D eigenvalue weighted by Gasteiger charge is -2.25. The molecule has 8 nitrogen and oxygen atoms in total. The quantitative estimate of drug-likeness (QED) is 0.0281. The van der Waals surface area contributed by atoms with Crippen LogP contribution in [0.15, 0.2) is 24.3 Å². The van der Waals surface area contributed by atoms with Gasteiger partial charge >= 0.3 is 7.82 Å². The summed E-state index contributed by atoms with van der Waals surface area (Å²) >= 11 is 0. The van der Waals surface area contributed by atoms with E-state index in [1.807, 2.05) is 0 Å². The zero-order chi connectivity index (χ0) is 36.8. The molecule has 5 N–H and O–H groups in total. The number of carbonyl (C=O) groups excluding carboxylic acids is 1. The molecule has 0 aliphatic carbocycles. The molecule has 0 spiro atoms. The van der Waals surface area contributed by atoms with E-state index < -0.39 is 20.0 Å². The third-order valence-corrected chi connectivity index (χ3v) is 10.3. The fourth-order valence-electron chi connectivity index (χ4n) is 6.11. The number of hydrogen-bond acceptors (Lipinski definition) is 6. The zero-order valence-corrected chi connectivity index (χ0v) is 33.5. The van der Waals surface area contributed by atoms with E-state index in [2.05, 4.69) is 43.5 Å². The van der Waals surface area contributed by atoms with E-state index in [9.17, 15) is 19.4 Å². The SMILES string of the molecule is CCCCC/C=C\C/C=C\CCCCCCCC(=O)NC(COP(=O)(O)OCCN)C(O)CCCCCCCCCCCCCCCCCC. The second-order valence-corrected chi connectivity index (χ2v) is 15.7. The average molecular weight is 729 g/mol. The second-order valence-electron chi connectivity index (χ2n) is 14.2. The molecule has 0 bridgehead atoms. The van der Waals surface area contributed by atoms with Crippen molar-refractivity contribution in [3.8, 4) is 0 Å². The Labute approximate surface area is 308 Å². The summed E-state index contributed by atoms with van der Waals surface area (Å²) in [4.78, 5) is 22.7. The van der Waals surface area contributed by atoms with Gasteiger partial charge in [-0.3, -0.25) is 13.8 Å². The molecule has 1 amide bonds. The minimum Gasteiger partial charge on any atom is -0.391 e. The van der Waals surface area contributed by atoms with Gasteiger partial charge in [0.1, 0.15) is 0 Å². The molecule has 0 saturated heterocycles. The normalized spacial score (nSPS) is 14.4. The minimum absolute atomic E-state index is 0.0868. The van der Waals surface area contributed by atoms with E-state index in [-0.39, 0.29) is 25.7 Å². The fraction of sp³-hybridized carbons (Fsp3) is 0.878. The minimum atomic E-state index is -4.31. The van der Waals surface area contributed by atoms with Crippen LogP contribution in [0.4, 0.5) is 0 Å². The van der Waals surface area contributed by atoms with E-state index in [1.54, 1.807) is 0 Å². The Morgan fingerprint density at radius 1 is 0.660 bits per heavy atom. The van der Waals surface area contributed by atoms with Gasteiger partial charge < -0.3 is 21.1 Å². The summed E-state index contributed by atoms with van der Waals surface area (Å²) in [5, 5.41) is 13.8. The van der Waals surface area contributed by atoms with Gasteiger partial charge in [-0.15, -0.1) is 0 Å². The van der Waals surface area contributed by atoms with Crippen molar-refractivity contribution in [3.63, 3.8) is 0 Å². The molecule has 0 rings (SSSR count). The Morgan fingerprint density at radius 3 is 1.62 bits per heavy atom. The summed E-state index contributed by atoms with van der Waals surface area (Å²) in [5.41, 5.74) is 5.37. The first kappa shape index (κ1) is 49.0. The molecule has 0 saturated carbocycles. The predicted molar refractivity (Wildman–Crippen MR) is 212 cm³/mol. The van der Waals surface area contributed by atoms with Crippen molar-refractivity contribution in [2.24, 2.45) is 5.73 Å². The second kappa shape index (κ2) is 37.7. The summed E-state index contributed by atoms with van der Waals surface area (Å²) in [7, 11) is -4.31. The number of phosphoric ester groups is 1. The van der Waals surface area contributed by atoms with Crippen molar-refractivity contribution in [1.29, 1.82) is 0 Å². The van der Waals surface area contributed by atoms with Crippen LogP contribution in [0.1, 0.15) is 200 Å². The van der Waals surface area contributed by atoms with Crippen molar-refractivity contribution in [3.05, 3.63) is 24.3 Å². The highest BCUT2D eigenvalue weighted by Gasteiger charge is 2.27. The number of nitrogens with one attached hydrogen (secondary N) is 1. The number of aliphatic hydroxyl groups excluding tert-OH is 1. The van der Waals surface area contributed by atoms with Gasteiger partial charge in [0, 0.05) is 13.0 Å². The lowest BCUT2D eigenvalue weighted by Crippen LogP contribution is -2.46. The van der Waals surface area contributed by atoms with Gasteiger partial charge in [0.05, 0.1) is 25.4 Å². The van der Waals surface area contributed by atoms with Gasteiger partial charge in [-0.25, -0.2) is 4.57 Å². The van der Waals surface area contributed by atoms with Crippen LogP contribution >= 0.6 is 7.82 Å². The molecule has 0 aromatic carbocycles. The van der Waals surface area contributed by atoms with Crippen molar-refractivity contribution in [2.45, 2.75) is 212 Å². The average Bonchev–Trinajstić information content (AvgIpc) is 3.10. The van der Waals surface area contributed by atoms with E-state index in [0.717, 1.165) is 64.2 Å². The summed E-state index contributed by atoms with van der Waals surface area (Å²) in [6.07, 6.45) is 41.8. The molecule has 3 atom stereocenters. The summed E-state index contributed by atoms with van der Waals surface area (Å²) in [5.74, 6) is -0.175. The summed E-state index contributed by atoms with van der Waals surface area (Å²) in [6.45, 7) is 4.17. The zero-order valence-electron chi connectivity index (χ0n) is 32.6. The van der Waals surface area contributed by atoms with Gasteiger partial charge in [-0.1, -0.05) is 173 Å². The number of aliphatic hydroxyl groups is 1. The number of hydrogen-bond donors (Lipinski definition) is 4. The molecule has 296 valence electrons. The lowest BCUT2D eigenvalue weighted by molar-refractivity contribution is -0.123. The van der Waals surface area contributed by atoms with Crippen LogP contribution in [0, 0.1) is 0 Å². The number of rotatable bonds is 39. The molecule has 0 aromatic heterocycles. The number of carbonyl (C=O) groups is 1. The molecule has 0 fully saturated rings. The smallest absolute Gasteiger partial charge is 0.391 e. The number of nitrogens with two attached hydrogens (primary N) is 1. The first-order valence-electron chi connectivity index (χ1n) is 21.0. The Bertz CT molecular complexity index is 840. The standard InChI is InChI=1S/C41H81N2O6P/c1-3-5-7-9-11-13-15-17-19-21-22-24-26-28-30-32-34-40(44)39(38-49-50(46,47)48-37-36-42)43-41(45)35-33-31-29-27-25-23-20-18-16-14-12-10-8-6-4-2/h12,14,18,20,39-40,44H,3-11,13,15-17,19,21-38,42H2,1-2H3,(H,43,45)(H,46,47)/b14-12-,20-18-. The van der Waals surface area contributed by atoms with Crippen LogP contribution < -0.4 is 11.1 Å². The number of unbranched alkanes of at least 4 members (excludes halogenated alkanes) is 23. The maximum Gasteiger partial charge on any atom is 0.472 e. The highest BCUT2D eigenvalue weighted by Crippen LogP contribution is 2.43. The van der Waals surface area contributed by atoms with Crippen molar-refractivity contribution >= 4 is 13.7 Å². The van der Waals surface area contributed by atoms with Crippen molar-refractivity contribution < 1.29 is 28.4 Å². The molecule has 9 heteroatoms. The van der Waals surface area contributed by atoms with E-state index in [0.29, 0.717) is 12.8 Å². The van der Waals surface area contributed by atoms with Crippen LogP contribution in [0.25, 0.3) is 0 Å². The molecular formula is C41H81N2O6P. The molecule has 0 heterocycles. The van der Waals surface area contributed by atoms with Crippen LogP contribution in [-0.2, 0) is 18.4 Å².